The van der Waals surface area contributed by atoms with Crippen molar-refractivity contribution in [2.24, 2.45) is 0 Å². The minimum Gasteiger partial charge on any atom is -0.490 e. The largest absolute Gasteiger partial charge is 0.490 e. The van der Waals surface area contributed by atoms with E-state index in [1.807, 2.05) is 60.7 Å². The van der Waals surface area contributed by atoms with Crippen LogP contribution in [0.25, 0.3) is 0 Å². The van der Waals surface area contributed by atoms with Crippen LogP contribution in [0.5, 0.6) is 28.9 Å². The van der Waals surface area contributed by atoms with Crippen molar-refractivity contribution in [1.29, 1.82) is 0 Å². The molecule has 1 heterocycles. The second-order valence-electron chi connectivity index (χ2n) is 7.24. The van der Waals surface area contributed by atoms with Gasteiger partial charge in [-0.15, -0.1) is 0 Å². The first-order valence-corrected chi connectivity index (χ1v) is 10.6. The van der Waals surface area contributed by atoms with Crippen molar-refractivity contribution in [2.75, 3.05) is 7.11 Å². The number of benzene rings is 3. The summed E-state index contributed by atoms with van der Waals surface area (Å²) in [5.41, 5.74) is 1.65. The molecule has 4 rings (SSSR count). The average Bonchev–Trinajstić information content (AvgIpc) is 2.88. The summed E-state index contributed by atoms with van der Waals surface area (Å²) < 4.78 is 23.6. The molecule has 0 saturated heterocycles. The number of carboxylic acids is 1. The van der Waals surface area contributed by atoms with E-state index in [0.29, 0.717) is 0 Å². The Balaban J connectivity index is 1.78. The highest BCUT2D eigenvalue weighted by Gasteiger charge is 2.27. The molecule has 0 atom stereocenters. The highest BCUT2D eigenvalue weighted by Crippen LogP contribution is 2.48. The van der Waals surface area contributed by atoms with Crippen LogP contribution in [-0.2, 0) is 13.2 Å². The Bertz CT molecular complexity index is 1230. The SMILES string of the molecule is COc1c(Oc2ccccn2)cc(C(=O)O)c(OCc2ccccc2)c1OCc1ccccc1. The molecule has 7 heteroatoms. The summed E-state index contributed by atoms with van der Waals surface area (Å²) in [5, 5.41) is 9.98. The van der Waals surface area contributed by atoms with E-state index in [-0.39, 0.29) is 47.7 Å². The van der Waals surface area contributed by atoms with Gasteiger partial charge in [-0.25, -0.2) is 9.78 Å². The fraction of sp³-hybridized carbons (Fsp3) is 0.111. The van der Waals surface area contributed by atoms with Gasteiger partial charge in [0.2, 0.25) is 17.4 Å². The Morgan fingerprint density at radius 3 is 1.91 bits per heavy atom. The predicted octanol–water partition coefficient (Wildman–Crippen LogP) is 5.74. The van der Waals surface area contributed by atoms with E-state index < -0.39 is 5.97 Å². The molecule has 172 valence electrons. The molecule has 1 N–H and O–H groups in total. The van der Waals surface area contributed by atoms with E-state index in [2.05, 4.69) is 4.98 Å². The quantitative estimate of drug-likeness (QED) is 0.325. The number of ether oxygens (including phenoxy) is 4. The minimum absolute atomic E-state index is 0.0532. The maximum Gasteiger partial charge on any atom is 0.339 e. The number of hydrogen-bond acceptors (Lipinski definition) is 6. The van der Waals surface area contributed by atoms with Crippen molar-refractivity contribution in [3.63, 3.8) is 0 Å². The molecule has 0 amide bonds. The van der Waals surface area contributed by atoms with Crippen molar-refractivity contribution >= 4 is 5.97 Å². The van der Waals surface area contributed by atoms with Gasteiger partial charge in [0.15, 0.2) is 11.5 Å². The van der Waals surface area contributed by atoms with Crippen molar-refractivity contribution in [3.05, 3.63) is 108 Å². The normalized spacial score (nSPS) is 10.4. The number of pyridine rings is 1. The number of rotatable bonds is 10. The highest BCUT2D eigenvalue weighted by molar-refractivity contribution is 5.94. The second kappa shape index (κ2) is 10.9. The molecule has 0 radical (unpaired) electrons. The Morgan fingerprint density at radius 2 is 1.38 bits per heavy atom. The van der Waals surface area contributed by atoms with Crippen LogP contribution in [0.15, 0.2) is 91.1 Å². The van der Waals surface area contributed by atoms with E-state index in [0.717, 1.165) is 11.1 Å². The molecule has 7 nitrogen and oxygen atoms in total. The van der Waals surface area contributed by atoms with Gasteiger partial charge in [0.25, 0.3) is 0 Å². The van der Waals surface area contributed by atoms with E-state index >= 15 is 0 Å². The monoisotopic (exact) mass is 457 g/mol. The van der Waals surface area contributed by atoms with Gasteiger partial charge in [0.1, 0.15) is 18.8 Å². The highest BCUT2D eigenvalue weighted by atomic mass is 16.6. The van der Waals surface area contributed by atoms with Gasteiger partial charge in [-0.05, 0) is 17.2 Å². The van der Waals surface area contributed by atoms with Crippen LogP contribution < -0.4 is 18.9 Å². The molecule has 1 aromatic heterocycles. The lowest BCUT2D eigenvalue weighted by atomic mass is 10.1. The molecule has 0 aliphatic carbocycles. The Hall–Kier alpha value is -4.52. The van der Waals surface area contributed by atoms with Gasteiger partial charge in [-0.1, -0.05) is 66.7 Å². The third-order valence-electron chi connectivity index (χ3n) is 4.90. The topological polar surface area (TPSA) is 87.1 Å². The van der Waals surface area contributed by atoms with Crippen LogP contribution in [0.3, 0.4) is 0 Å². The molecule has 0 unspecified atom stereocenters. The summed E-state index contributed by atoms with van der Waals surface area (Å²) in [7, 11) is 1.46. The van der Waals surface area contributed by atoms with Crippen LogP contribution in [0.1, 0.15) is 21.5 Å². The van der Waals surface area contributed by atoms with E-state index in [1.54, 1.807) is 24.4 Å². The lowest BCUT2D eigenvalue weighted by Crippen LogP contribution is -2.09. The van der Waals surface area contributed by atoms with Gasteiger partial charge >= 0.3 is 5.97 Å². The number of hydrogen-bond donors (Lipinski definition) is 1. The molecular formula is C27H23NO6. The predicted molar refractivity (Wildman–Crippen MR) is 126 cm³/mol. The Labute approximate surface area is 197 Å². The first-order valence-electron chi connectivity index (χ1n) is 10.6. The number of nitrogens with zero attached hydrogens (tertiary/aromatic N) is 1. The third kappa shape index (κ3) is 5.45. The summed E-state index contributed by atoms with van der Waals surface area (Å²) in [4.78, 5) is 16.4. The van der Waals surface area contributed by atoms with Crippen molar-refractivity contribution in [3.8, 4) is 28.9 Å². The first kappa shape index (κ1) is 22.7. The summed E-state index contributed by atoms with van der Waals surface area (Å²) in [6.45, 7) is 0.317. The lowest BCUT2D eigenvalue weighted by molar-refractivity contribution is 0.0689. The third-order valence-corrected chi connectivity index (χ3v) is 4.90. The van der Waals surface area contributed by atoms with Gasteiger partial charge < -0.3 is 24.1 Å². The van der Waals surface area contributed by atoms with Crippen molar-refractivity contribution in [1.82, 2.24) is 4.98 Å². The first-order chi connectivity index (χ1) is 16.7. The molecule has 0 aliphatic heterocycles. The zero-order valence-corrected chi connectivity index (χ0v) is 18.5. The lowest BCUT2D eigenvalue weighted by Gasteiger charge is -2.20. The number of aromatic carboxylic acids is 1. The second-order valence-corrected chi connectivity index (χ2v) is 7.24. The zero-order valence-electron chi connectivity index (χ0n) is 18.5. The van der Waals surface area contributed by atoms with Gasteiger partial charge in [0.05, 0.1) is 7.11 Å². The molecule has 3 aromatic carbocycles. The number of carbonyl (C=O) groups is 1. The molecule has 0 spiro atoms. The number of carboxylic acid groups (broad SMARTS) is 1. The summed E-state index contributed by atoms with van der Waals surface area (Å²) in [6.07, 6.45) is 1.57. The van der Waals surface area contributed by atoms with Crippen LogP contribution in [0, 0.1) is 0 Å². The summed E-state index contributed by atoms with van der Waals surface area (Å²) >= 11 is 0. The smallest absolute Gasteiger partial charge is 0.339 e. The molecule has 0 fully saturated rings. The zero-order chi connectivity index (χ0) is 23.8. The number of aromatic nitrogens is 1. The minimum atomic E-state index is -1.19. The van der Waals surface area contributed by atoms with E-state index in [1.165, 1.54) is 13.2 Å². The standard InChI is InChI=1S/C27H23NO6/c1-31-25-22(34-23-14-8-9-15-28-23)16-21(27(29)30)24(32-17-19-10-4-2-5-11-19)26(25)33-18-20-12-6-3-7-13-20/h2-16H,17-18H2,1H3,(H,29,30). The van der Waals surface area contributed by atoms with Gasteiger partial charge in [0, 0.05) is 18.3 Å². The maximum atomic E-state index is 12.2. The van der Waals surface area contributed by atoms with E-state index in [4.69, 9.17) is 18.9 Å². The maximum absolute atomic E-state index is 12.2. The average molecular weight is 457 g/mol. The summed E-state index contributed by atoms with van der Waals surface area (Å²) in [6, 6.07) is 25.5. The van der Waals surface area contributed by atoms with Crippen LogP contribution >= 0.6 is 0 Å². The van der Waals surface area contributed by atoms with E-state index in [9.17, 15) is 9.90 Å². The molecule has 0 bridgehead atoms. The Kier molecular flexibility index (Phi) is 7.25. The van der Waals surface area contributed by atoms with Crippen molar-refractivity contribution < 1.29 is 28.8 Å². The van der Waals surface area contributed by atoms with Crippen LogP contribution in [-0.4, -0.2) is 23.2 Å². The molecular weight excluding hydrogens is 434 g/mol. The molecule has 0 aliphatic rings. The fourth-order valence-corrected chi connectivity index (χ4v) is 3.28. The van der Waals surface area contributed by atoms with Crippen LogP contribution in [0.4, 0.5) is 0 Å². The van der Waals surface area contributed by atoms with Crippen LogP contribution in [0.2, 0.25) is 0 Å². The van der Waals surface area contributed by atoms with Crippen molar-refractivity contribution in [2.45, 2.75) is 13.2 Å². The Morgan fingerprint density at radius 1 is 0.794 bits per heavy atom. The van der Waals surface area contributed by atoms with Gasteiger partial charge in [-0.3, -0.25) is 0 Å². The molecule has 0 saturated carbocycles. The fourth-order valence-electron chi connectivity index (χ4n) is 3.28. The molecule has 4 aromatic rings. The molecule has 34 heavy (non-hydrogen) atoms. The van der Waals surface area contributed by atoms with Gasteiger partial charge in [-0.2, -0.15) is 0 Å². The number of methoxy groups -OCH3 is 1. The summed E-state index contributed by atoms with van der Waals surface area (Å²) in [5.74, 6) is -0.376.